The van der Waals surface area contributed by atoms with E-state index >= 15 is 0 Å². The zero-order valence-corrected chi connectivity index (χ0v) is 22.8. The van der Waals surface area contributed by atoms with Gasteiger partial charge in [-0.3, -0.25) is 24.3 Å². The van der Waals surface area contributed by atoms with Crippen molar-refractivity contribution >= 4 is 56.5 Å². The molecule has 1 N–H and O–H groups in total. The van der Waals surface area contributed by atoms with Gasteiger partial charge in [-0.05, 0) is 101 Å². The van der Waals surface area contributed by atoms with Gasteiger partial charge in [0.1, 0.15) is 13.2 Å². The molecule has 4 rings (SSSR count). The van der Waals surface area contributed by atoms with Gasteiger partial charge >= 0.3 is 0 Å². The predicted octanol–water partition coefficient (Wildman–Crippen LogP) is 5.72. The Morgan fingerprint density at radius 3 is 2.57 bits per heavy atom. The minimum Gasteiger partial charge on any atom is -0.493 e. The highest BCUT2D eigenvalue weighted by atomic mass is 79.9. The van der Waals surface area contributed by atoms with Crippen molar-refractivity contribution in [3.05, 3.63) is 86.5 Å². The maximum Gasteiger partial charge on any atom is 0.294 e. The second-order valence-corrected chi connectivity index (χ2v) is 10.2. The van der Waals surface area contributed by atoms with Crippen LogP contribution in [0.1, 0.15) is 22.4 Å². The number of rotatable bonds is 8. The fourth-order valence-electron chi connectivity index (χ4n) is 3.77. The number of hydrogen-bond acceptors (Lipinski definition) is 7. The van der Waals surface area contributed by atoms with Crippen molar-refractivity contribution in [2.24, 2.45) is 0 Å². The van der Waals surface area contributed by atoms with Gasteiger partial charge in [-0.25, -0.2) is 0 Å². The molecule has 0 aliphatic carbocycles. The van der Waals surface area contributed by atoms with Crippen molar-refractivity contribution < 1.29 is 23.9 Å². The smallest absolute Gasteiger partial charge is 0.294 e. The van der Waals surface area contributed by atoms with Crippen LogP contribution in [0.3, 0.4) is 0 Å². The number of pyridine rings is 1. The maximum absolute atomic E-state index is 12.9. The van der Waals surface area contributed by atoms with Crippen LogP contribution in [0.2, 0.25) is 0 Å². The van der Waals surface area contributed by atoms with Gasteiger partial charge in [0.15, 0.2) is 11.5 Å². The van der Waals surface area contributed by atoms with E-state index in [9.17, 15) is 14.4 Å². The lowest BCUT2D eigenvalue weighted by Crippen LogP contribution is -2.36. The molecule has 2 aromatic carbocycles. The molecule has 0 radical (unpaired) electrons. The van der Waals surface area contributed by atoms with Crippen LogP contribution in [0.4, 0.5) is 10.5 Å². The van der Waals surface area contributed by atoms with Gasteiger partial charge in [0.05, 0.1) is 22.2 Å². The van der Waals surface area contributed by atoms with Crippen molar-refractivity contribution in [3.8, 4) is 11.5 Å². The number of carbonyl (C=O) groups is 3. The number of nitrogens with zero attached hydrogens (tertiary/aromatic N) is 2. The minimum atomic E-state index is -0.531. The van der Waals surface area contributed by atoms with Crippen molar-refractivity contribution in [1.82, 2.24) is 9.88 Å². The van der Waals surface area contributed by atoms with Crippen LogP contribution >= 0.6 is 27.7 Å². The third-order valence-electron chi connectivity index (χ3n) is 5.32. The van der Waals surface area contributed by atoms with E-state index in [0.717, 1.165) is 33.5 Å². The Kier molecular flexibility index (Phi) is 8.30. The molecule has 1 aliphatic heterocycles. The fourth-order valence-corrected chi connectivity index (χ4v) is 5.18. The first-order chi connectivity index (χ1) is 17.7. The molecule has 2 heterocycles. The molecular weight excluding hydrogens is 558 g/mol. The van der Waals surface area contributed by atoms with Gasteiger partial charge in [-0.1, -0.05) is 12.1 Å². The van der Waals surface area contributed by atoms with E-state index in [2.05, 4.69) is 26.2 Å². The van der Waals surface area contributed by atoms with Crippen LogP contribution < -0.4 is 14.8 Å². The highest BCUT2D eigenvalue weighted by molar-refractivity contribution is 9.10. The van der Waals surface area contributed by atoms with Crippen LogP contribution in [-0.4, -0.2) is 40.6 Å². The number of aryl methyl sites for hydroxylation is 2. The second-order valence-electron chi connectivity index (χ2n) is 8.34. The molecule has 0 saturated carbocycles. The second kappa shape index (κ2) is 11.6. The van der Waals surface area contributed by atoms with E-state index in [1.54, 1.807) is 24.4 Å². The summed E-state index contributed by atoms with van der Waals surface area (Å²) >= 11 is 4.28. The first-order valence-corrected chi connectivity index (χ1v) is 12.9. The molecule has 3 amide bonds. The third-order valence-corrected chi connectivity index (χ3v) is 6.82. The van der Waals surface area contributed by atoms with Crippen molar-refractivity contribution in [2.45, 2.75) is 20.5 Å². The number of amides is 3. The molecule has 0 unspecified atom stereocenters. The molecule has 8 nitrogen and oxygen atoms in total. The lowest BCUT2D eigenvalue weighted by molar-refractivity contribution is -0.127. The molecule has 37 heavy (non-hydrogen) atoms. The number of hydrogen-bond donors (Lipinski definition) is 1. The van der Waals surface area contributed by atoms with Gasteiger partial charge in [0.25, 0.3) is 11.1 Å². The van der Waals surface area contributed by atoms with Crippen LogP contribution in [0, 0.1) is 13.8 Å². The highest BCUT2D eigenvalue weighted by Gasteiger charge is 2.36. The van der Waals surface area contributed by atoms with Crippen LogP contribution in [0.5, 0.6) is 11.5 Å². The van der Waals surface area contributed by atoms with E-state index in [1.807, 2.05) is 50.2 Å². The molecule has 0 atom stereocenters. The Morgan fingerprint density at radius 2 is 1.89 bits per heavy atom. The zero-order valence-electron chi connectivity index (χ0n) is 20.4. The highest BCUT2D eigenvalue weighted by Crippen LogP contribution is 2.39. The van der Waals surface area contributed by atoms with E-state index in [0.29, 0.717) is 27.2 Å². The SMILES string of the molecule is COc1cc(/C=C2/SC(=O)N(CC(=O)Nc3cc(C)cc(C)c3)C2=O)cc(Br)c1OCc1ccccn1. The molecule has 3 aromatic rings. The maximum atomic E-state index is 12.9. The fraction of sp³-hybridized carbons (Fsp3) is 0.185. The van der Waals surface area contributed by atoms with Crippen LogP contribution in [0.25, 0.3) is 6.08 Å². The number of methoxy groups -OCH3 is 1. The zero-order chi connectivity index (χ0) is 26.5. The van der Waals surface area contributed by atoms with E-state index in [-0.39, 0.29) is 18.1 Å². The number of benzene rings is 2. The van der Waals surface area contributed by atoms with Gasteiger partial charge in [0, 0.05) is 11.9 Å². The Hall–Kier alpha value is -3.63. The van der Waals surface area contributed by atoms with Gasteiger partial charge in [-0.15, -0.1) is 0 Å². The van der Waals surface area contributed by atoms with E-state index < -0.39 is 17.1 Å². The largest absolute Gasteiger partial charge is 0.493 e. The summed E-state index contributed by atoms with van der Waals surface area (Å²) in [6, 6.07) is 14.7. The number of carbonyl (C=O) groups excluding carboxylic acids is 3. The van der Waals surface area contributed by atoms with E-state index in [4.69, 9.17) is 9.47 Å². The number of nitrogens with one attached hydrogen (secondary N) is 1. The molecular formula is C27H24BrN3O5S. The summed E-state index contributed by atoms with van der Waals surface area (Å²) in [5, 5.41) is 2.25. The number of aromatic nitrogens is 1. The number of anilines is 1. The van der Waals surface area contributed by atoms with Crippen molar-refractivity contribution in [1.29, 1.82) is 0 Å². The van der Waals surface area contributed by atoms with Gasteiger partial charge < -0.3 is 14.8 Å². The molecule has 190 valence electrons. The molecule has 0 bridgehead atoms. The molecule has 10 heteroatoms. The van der Waals surface area contributed by atoms with Gasteiger partial charge in [-0.2, -0.15) is 0 Å². The Bertz CT molecular complexity index is 1370. The Morgan fingerprint density at radius 1 is 1.14 bits per heavy atom. The predicted molar refractivity (Wildman–Crippen MR) is 146 cm³/mol. The third kappa shape index (κ3) is 6.58. The Labute approximate surface area is 227 Å². The summed E-state index contributed by atoms with van der Waals surface area (Å²) in [5.74, 6) is -0.0476. The van der Waals surface area contributed by atoms with Crippen molar-refractivity contribution in [3.63, 3.8) is 0 Å². The topological polar surface area (TPSA) is 97.8 Å². The summed E-state index contributed by atoms with van der Waals surface area (Å²) in [6.45, 7) is 3.73. The van der Waals surface area contributed by atoms with E-state index in [1.165, 1.54) is 7.11 Å². The van der Waals surface area contributed by atoms with Crippen LogP contribution in [0.15, 0.2) is 64.1 Å². The first-order valence-electron chi connectivity index (χ1n) is 11.3. The lowest BCUT2D eigenvalue weighted by atomic mass is 10.1. The van der Waals surface area contributed by atoms with Gasteiger partial charge in [0.2, 0.25) is 5.91 Å². The summed E-state index contributed by atoms with van der Waals surface area (Å²) in [7, 11) is 1.52. The van der Waals surface area contributed by atoms with Crippen LogP contribution in [-0.2, 0) is 16.2 Å². The first kappa shape index (κ1) is 26.4. The number of thioether (sulfide) groups is 1. The monoisotopic (exact) mass is 581 g/mol. The average molecular weight is 582 g/mol. The molecule has 1 aliphatic rings. The summed E-state index contributed by atoms with van der Waals surface area (Å²) in [6.07, 6.45) is 3.27. The average Bonchev–Trinajstić information content (AvgIpc) is 3.10. The lowest BCUT2D eigenvalue weighted by Gasteiger charge is -2.14. The molecule has 1 aromatic heterocycles. The summed E-state index contributed by atoms with van der Waals surface area (Å²) in [4.78, 5) is 43.4. The number of halogens is 1. The summed E-state index contributed by atoms with van der Waals surface area (Å²) < 4.78 is 12.0. The molecule has 1 fully saturated rings. The van der Waals surface area contributed by atoms with Crippen molar-refractivity contribution in [2.75, 3.05) is 19.0 Å². The minimum absolute atomic E-state index is 0.209. The Balaban J connectivity index is 1.47. The standard InChI is InChI=1S/C27H24BrN3O5S/c1-16-8-17(2)10-20(9-16)30-24(32)14-31-26(33)23(37-27(31)34)13-18-11-21(28)25(22(12-18)35-3)36-15-19-6-4-5-7-29-19/h4-13H,14-15H2,1-3H3,(H,30,32)/b23-13+. The number of ether oxygens (including phenoxy) is 2. The molecule has 1 saturated heterocycles. The number of imide groups is 1. The molecule has 0 spiro atoms. The quantitative estimate of drug-likeness (QED) is 0.339. The summed E-state index contributed by atoms with van der Waals surface area (Å²) in [5.41, 5.74) is 4.00. The normalized spacial score (nSPS) is 14.3.